The van der Waals surface area contributed by atoms with E-state index in [1.54, 1.807) is 31.4 Å². The number of hydrogen-bond acceptors (Lipinski definition) is 4. The van der Waals surface area contributed by atoms with Gasteiger partial charge in [0, 0.05) is 5.92 Å². The minimum atomic E-state index is -4.42. The zero-order valence-electron chi connectivity index (χ0n) is 18.2. The molecular formula is C25H30F3NO3. The van der Waals surface area contributed by atoms with E-state index < -0.39 is 30.4 Å². The van der Waals surface area contributed by atoms with Crippen molar-refractivity contribution in [3.8, 4) is 5.75 Å². The summed E-state index contributed by atoms with van der Waals surface area (Å²) in [6.07, 6.45) is -3.33. The van der Waals surface area contributed by atoms with Crippen LogP contribution in [0.15, 0.2) is 54.6 Å². The molecule has 0 saturated carbocycles. The molecule has 2 fully saturated rings. The summed E-state index contributed by atoms with van der Waals surface area (Å²) in [6, 6.07) is 16.6. The zero-order chi connectivity index (χ0) is 22.6. The van der Waals surface area contributed by atoms with E-state index in [1.165, 1.54) is 0 Å². The summed E-state index contributed by atoms with van der Waals surface area (Å²) in [5, 5.41) is 3.29. The minimum Gasteiger partial charge on any atom is -0.497 e. The molecule has 174 valence electrons. The Morgan fingerprint density at radius 3 is 2.38 bits per heavy atom. The van der Waals surface area contributed by atoms with Crippen molar-refractivity contribution >= 4 is 0 Å². The van der Waals surface area contributed by atoms with E-state index in [-0.39, 0.29) is 12.5 Å². The molecule has 3 atom stereocenters. The molecule has 0 aromatic heterocycles. The number of piperidine rings is 1. The van der Waals surface area contributed by atoms with Crippen molar-refractivity contribution in [2.24, 2.45) is 5.92 Å². The van der Waals surface area contributed by atoms with Gasteiger partial charge in [-0.1, -0.05) is 42.5 Å². The van der Waals surface area contributed by atoms with Crippen LogP contribution in [0.4, 0.5) is 13.2 Å². The van der Waals surface area contributed by atoms with Crippen LogP contribution in [0.5, 0.6) is 5.75 Å². The molecule has 2 aliphatic heterocycles. The third kappa shape index (κ3) is 5.27. The van der Waals surface area contributed by atoms with Crippen molar-refractivity contribution in [2.75, 3.05) is 26.8 Å². The number of rotatable bonds is 7. The Morgan fingerprint density at radius 2 is 1.75 bits per heavy atom. The molecule has 0 bridgehead atoms. The Balaban J connectivity index is 1.52. The summed E-state index contributed by atoms with van der Waals surface area (Å²) < 4.78 is 59.8. The first kappa shape index (κ1) is 23.1. The van der Waals surface area contributed by atoms with Gasteiger partial charge in [0.15, 0.2) is 0 Å². The Hall–Kier alpha value is -2.09. The Morgan fingerprint density at radius 1 is 1.06 bits per heavy atom. The fourth-order valence-electron chi connectivity index (χ4n) is 4.91. The fraction of sp³-hybridized carbons (Fsp3) is 0.520. The predicted octanol–water partition coefficient (Wildman–Crippen LogP) is 5.09. The van der Waals surface area contributed by atoms with Crippen molar-refractivity contribution < 1.29 is 27.4 Å². The maximum atomic E-state index is 14.3. The fourth-order valence-corrected chi connectivity index (χ4v) is 4.91. The van der Waals surface area contributed by atoms with Crippen molar-refractivity contribution in [1.82, 2.24) is 5.32 Å². The van der Waals surface area contributed by atoms with Gasteiger partial charge in [-0.15, -0.1) is 0 Å². The van der Waals surface area contributed by atoms with E-state index in [4.69, 9.17) is 14.2 Å². The highest BCUT2D eigenvalue weighted by molar-refractivity contribution is 5.27. The predicted molar refractivity (Wildman–Crippen MR) is 116 cm³/mol. The van der Waals surface area contributed by atoms with Crippen LogP contribution in [0.1, 0.15) is 36.3 Å². The summed E-state index contributed by atoms with van der Waals surface area (Å²) in [4.78, 5) is 0. The summed E-state index contributed by atoms with van der Waals surface area (Å²) in [5.41, 5.74) is 1.20. The average Bonchev–Trinajstić information content (AvgIpc) is 3.15. The first-order chi connectivity index (χ1) is 15.4. The normalized spacial score (nSPS) is 23.9. The monoisotopic (exact) mass is 449 g/mol. The third-order valence-corrected chi connectivity index (χ3v) is 6.66. The largest absolute Gasteiger partial charge is 0.497 e. The lowest BCUT2D eigenvalue weighted by Crippen LogP contribution is -2.44. The summed E-state index contributed by atoms with van der Waals surface area (Å²) in [7, 11) is 1.57. The van der Waals surface area contributed by atoms with Crippen LogP contribution < -0.4 is 10.1 Å². The molecule has 2 unspecified atom stereocenters. The molecule has 7 heteroatoms. The van der Waals surface area contributed by atoms with Crippen LogP contribution in [0.25, 0.3) is 0 Å². The number of nitrogens with one attached hydrogen (secondary N) is 1. The number of methoxy groups -OCH3 is 1. The minimum absolute atomic E-state index is 0.106. The molecule has 2 aromatic rings. The van der Waals surface area contributed by atoms with Gasteiger partial charge in [0.05, 0.1) is 32.0 Å². The van der Waals surface area contributed by atoms with Crippen LogP contribution in [0.2, 0.25) is 0 Å². The van der Waals surface area contributed by atoms with E-state index in [2.05, 4.69) is 5.32 Å². The molecule has 4 nitrogen and oxygen atoms in total. The van der Waals surface area contributed by atoms with Gasteiger partial charge in [-0.2, -0.15) is 13.2 Å². The smallest absolute Gasteiger partial charge is 0.396 e. The second kappa shape index (κ2) is 9.81. The Kier molecular flexibility index (Phi) is 7.08. The SMILES string of the molecule is COc1ccc(COCC([C@@H]2OC3(CCNCC3)CC2c2ccccc2)C(F)(F)F)cc1. The Labute approximate surface area is 187 Å². The molecule has 2 aromatic carbocycles. The quantitative estimate of drug-likeness (QED) is 0.640. The summed E-state index contributed by atoms with van der Waals surface area (Å²) in [5.74, 6) is -1.31. The lowest BCUT2D eigenvalue weighted by Gasteiger charge is -2.35. The number of halogens is 3. The maximum Gasteiger partial charge on any atom is 0.396 e. The summed E-state index contributed by atoms with van der Waals surface area (Å²) >= 11 is 0. The van der Waals surface area contributed by atoms with Crippen LogP contribution in [-0.4, -0.2) is 44.7 Å². The van der Waals surface area contributed by atoms with E-state index in [0.29, 0.717) is 12.2 Å². The highest BCUT2D eigenvalue weighted by Gasteiger charge is 2.56. The number of benzene rings is 2. The zero-order valence-corrected chi connectivity index (χ0v) is 18.2. The van der Waals surface area contributed by atoms with Gasteiger partial charge in [-0.3, -0.25) is 0 Å². The highest BCUT2D eigenvalue weighted by Crippen LogP contribution is 2.50. The number of hydrogen-bond donors (Lipinski definition) is 1. The van der Waals surface area contributed by atoms with Crippen LogP contribution in [-0.2, 0) is 16.1 Å². The summed E-state index contributed by atoms with van der Waals surface area (Å²) in [6.45, 7) is 1.20. The molecule has 0 amide bonds. The van der Waals surface area contributed by atoms with Gasteiger partial charge < -0.3 is 19.5 Å². The van der Waals surface area contributed by atoms with Crippen molar-refractivity contribution in [2.45, 2.75) is 49.7 Å². The standard InChI is InChI=1S/C25H30F3NO3/c1-30-20-9-7-18(8-10-20)16-31-17-22(25(26,27)28)23-21(19-5-3-2-4-6-19)15-24(32-23)11-13-29-14-12-24/h2-10,21-23,29H,11-17H2,1H3/t21?,22?,23-/m1/s1. The molecule has 4 rings (SSSR count). The lowest BCUT2D eigenvalue weighted by molar-refractivity contribution is -0.229. The first-order valence-electron chi connectivity index (χ1n) is 11.1. The van der Waals surface area contributed by atoms with Crippen LogP contribution >= 0.6 is 0 Å². The van der Waals surface area contributed by atoms with Crippen LogP contribution in [0.3, 0.4) is 0 Å². The van der Waals surface area contributed by atoms with Crippen molar-refractivity contribution in [3.63, 3.8) is 0 Å². The van der Waals surface area contributed by atoms with Crippen LogP contribution in [0, 0.1) is 5.92 Å². The maximum absolute atomic E-state index is 14.3. The second-order valence-electron chi connectivity index (χ2n) is 8.75. The van der Waals surface area contributed by atoms with E-state index in [9.17, 15) is 13.2 Å². The molecule has 0 radical (unpaired) electrons. The van der Waals surface area contributed by atoms with Crippen molar-refractivity contribution in [1.29, 1.82) is 0 Å². The van der Waals surface area contributed by atoms with E-state index in [0.717, 1.165) is 37.1 Å². The average molecular weight is 450 g/mol. The third-order valence-electron chi connectivity index (χ3n) is 6.66. The molecular weight excluding hydrogens is 419 g/mol. The topological polar surface area (TPSA) is 39.7 Å². The highest BCUT2D eigenvalue weighted by atomic mass is 19.4. The molecule has 0 aliphatic carbocycles. The van der Waals surface area contributed by atoms with Gasteiger partial charge in [0.1, 0.15) is 11.7 Å². The van der Waals surface area contributed by atoms with Gasteiger partial charge in [0.2, 0.25) is 0 Å². The number of alkyl halides is 3. The molecule has 1 spiro atoms. The molecule has 32 heavy (non-hydrogen) atoms. The number of ether oxygens (including phenoxy) is 3. The molecule has 2 aliphatic rings. The molecule has 1 N–H and O–H groups in total. The Bertz CT molecular complexity index is 851. The first-order valence-corrected chi connectivity index (χ1v) is 11.1. The van der Waals surface area contributed by atoms with Crippen molar-refractivity contribution in [3.05, 3.63) is 65.7 Å². The van der Waals surface area contributed by atoms with Gasteiger partial charge >= 0.3 is 6.18 Å². The molecule has 2 heterocycles. The van der Waals surface area contributed by atoms with E-state index in [1.807, 2.05) is 30.3 Å². The van der Waals surface area contributed by atoms with Gasteiger partial charge in [0.25, 0.3) is 0 Å². The van der Waals surface area contributed by atoms with E-state index >= 15 is 0 Å². The molecule has 2 saturated heterocycles. The van der Waals surface area contributed by atoms with Gasteiger partial charge in [-0.05, 0) is 55.6 Å². The second-order valence-corrected chi connectivity index (χ2v) is 8.75. The lowest BCUT2D eigenvalue weighted by atomic mass is 9.79. The van der Waals surface area contributed by atoms with Gasteiger partial charge in [-0.25, -0.2) is 0 Å².